The molecule has 10 atom stereocenters. The van der Waals surface area contributed by atoms with Crippen molar-refractivity contribution in [2.24, 2.45) is 0 Å². The Morgan fingerprint density at radius 1 is 1.03 bits per heavy atom. The van der Waals surface area contributed by atoms with E-state index in [1.54, 1.807) is 21.1 Å². The van der Waals surface area contributed by atoms with Crippen LogP contribution < -0.4 is 10.8 Å². The number of carboxylic acid groups (broad SMARTS) is 1. The molecule has 2 aliphatic rings. The molecule has 2 saturated heterocycles. The number of likely N-dealkylation sites (N-methyl/N-ethyl adjacent to an activating group) is 1. The van der Waals surface area contributed by atoms with Crippen molar-refractivity contribution in [2.45, 2.75) is 61.3 Å². The van der Waals surface area contributed by atoms with Gasteiger partial charge in [0.2, 0.25) is 6.29 Å². The summed E-state index contributed by atoms with van der Waals surface area (Å²) < 4.78 is 21.3. The molecule has 208 valence electrons. The highest BCUT2D eigenvalue weighted by atomic mass is 16.7. The minimum Gasteiger partial charge on any atom is -0.547 e. The number of hydrogen-bond acceptors (Lipinski definition) is 14. The fourth-order valence-electron chi connectivity index (χ4n) is 4.30. The molecule has 1 aromatic rings. The van der Waals surface area contributed by atoms with E-state index in [9.17, 15) is 45.3 Å². The summed E-state index contributed by atoms with van der Waals surface area (Å²) in [6.45, 7) is -0.619. The van der Waals surface area contributed by atoms with Crippen LogP contribution in [-0.2, 0) is 23.7 Å². The molecule has 0 spiro atoms. The van der Waals surface area contributed by atoms with Crippen LogP contribution in [0.15, 0.2) is 18.2 Å². The number of hydrogen-bond donors (Lipinski definition) is 7. The molecule has 2 fully saturated rings. The average molecular weight is 532 g/mol. The second-order valence-corrected chi connectivity index (χ2v) is 9.85. The van der Waals surface area contributed by atoms with Crippen LogP contribution in [0.25, 0.3) is 0 Å². The number of aliphatic hydroxyl groups is 5. The number of carboxylic acids is 1. The van der Waals surface area contributed by atoms with E-state index in [0.717, 1.165) is 0 Å². The Balaban J connectivity index is 1.81. The zero-order chi connectivity index (χ0) is 27.8. The lowest BCUT2D eigenvalue weighted by Gasteiger charge is -2.49. The Kier molecular flexibility index (Phi) is 8.63. The van der Waals surface area contributed by atoms with E-state index in [4.69, 9.17) is 24.7 Å². The highest BCUT2D eigenvalue weighted by Crippen LogP contribution is 2.32. The first-order valence-electron chi connectivity index (χ1n) is 11.3. The van der Waals surface area contributed by atoms with Crippen molar-refractivity contribution in [3.63, 3.8) is 0 Å². The van der Waals surface area contributed by atoms with E-state index in [0.29, 0.717) is 0 Å². The number of aromatic hydroxyl groups is 1. The predicted molar refractivity (Wildman–Crippen MR) is 118 cm³/mol. The van der Waals surface area contributed by atoms with E-state index in [2.05, 4.69) is 0 Å². The molecular formula is C22H32N2O13. The van der Waals surface area contributed by atoms with Crippen LogP contribution in [0.1, 0.15) is 10.4 Å². The van der Waals surface area contributed by atoms with Gasteiger partial charge in [0.25, 0.3) is 0 Å². The van der Waals surface area contributed by atoms with Gasteiger partial charge in [0, 0.05) is 5.69 Å². The molecule has 3 rings (SSSR count). The van der Waals surface area contributed by atoms with Crippen LogP contribution in [0.5, 0.6) is 5.75 Å². The van der Waals surface area contributed by atoms with Gasteiger partial charge in [0.05, 0.1) is 27.1 Å². The summed E-state index contributed by atoms with van der Waals surface area (Å²) >= 11 is 0. The number of quaternary nitrogens is 1. The molecule has 0 unspecified atom stereocenters. The molecule has 15 nitrogen and oxygen atoms in total. The maximum Gasteiger partial charge on any atom is 0.342 e. The van der Waals surface area contributed by atoms with Crippen molar-refractivity contribution in [1.29, 1.82) is 0 Å². The minimum absolute atomic E-state index is 0.0650. The van der Waals surface area contributed by atoms with Gasteiger partial charge in [-0.25, -0.2) is 4.79 Å². The number of nitrogens with zero attached hydrogens (tertiary/aromatic N) is 1. The maximum atomic E-state index is 12.4. The molecule has 1 aromatic carbocycles. The fraction of sp³-hybridized carbons (Fsp3) is 0.636. The number of phenolic OH excluding ortho intramolecular Hbond substituents is 1. The lowest BCUT2D eigenvalue weighted by molar-refractivity contribution is -0.910. The summed E-state index contributed by atoms with van der Waals surface area (Å²) in [5.41, 5.74) is 5.56. The molecule has 0 radical (unpaired) electrons. The van der Waals surface area contributed by atoms with E-state index >= 15 is 0 Å². The summed E-state index contributed by atoms with van der Waals surface area (Å²) in [6.07, 6.45) is -16.0. The number of aliphatic carboxylic acids is 1. The number of aliphatic hydroxyl groups excluding tert-OH is 5. The lowest BCUT2D eigenvalue weighted by Crippen LogP contribution is -2.70. The first kappa shape index (κ1) is 29.0. The molecule has 0 aromatic heterocycles. The summed E-state index contributed by atoms with van der Waals surface area (Å²) in [7, 11) is 4.89. The highest BCUT2D eigenvalue weighted by Gasteiger charge is 2.55. The molecule has 2 aliphatic heterocycles. The van der Waals surface area contributed by atoms with Crippen LogP contribution in [0.4, 0.5) is 5.69 Å². The molecule has 15 heteroatoms. The van der Waals surface area contributed by atoms with Gasteiger partial charge in [0.15, 0.2) is 12.3 Å². The number of phenols is 1. The van der Waals surface area contributed by atoms with Crippen LogP contribution in [-0.4, -0.2) is 136 Å². The van der Waals surface area contributed by atoms with Crippen molar-refractivity contribution in [2.75, 3.05) is 33.5 Å². The second-order valence-electron chi connectivity index (χ2n) is 9.85. The molecule has 37 heavy (non-hydrogen) atoms. The quantitative estimate of drug-likeness (QED) is 0.0755. The number of carbonyl (C=O) groups excluding carboxylic acids is 2. The van der Waals surface area contributed by atoms with Crippen LogP contribution in [0.3, 0.4) is 0 Å². The first-order valence-corrected chi connectivity index (χ1v) is 11.3. The van der Waals surface area contributed by atoms with Gasteiger partial charge in [-0.05, 0) is 18.2 Å². The third-order valence-corrected chi connectivity index (χ3v) is 6.27. The van der Waals surface area contributed by atoms with Gasteiger partial charge >= 0.3 is 5.97 Å². The summed E-state index contributed by atoms with van der Waals surface area (Å²) in [6, 6.07) is 2.68. The monoisotopic (exact) mass is 532 g/mol. The Bertz CT molecular complexity index is 986. The van der Waals surface area contributed by atoms with Crippen molar-refractivity contribution in [3.8, 4) is 5.75 Å². The van der Waals surface area contributed by atoms with Gasteiger partial charge in [-0.3, -0.25) is 0 Å². The van der Waals surface area contributed by atoms with Gasteiger partial charge < -0.3 is 69.7 Å². The van der Waals surface area contributed by atoms with Crippen molar-refractivity contribution in [3.05, 3.63) is 23.8 Å². The number of anilines is 1. The second kappa shape index (κ2) is 11.0. The molecule has 2 heterocycles. The summed E-state index contributed by atoms with van der Waals surface area (Å²) in [5, 5.41) is 73.3. The average Bonchev–Trinajstić information content (AvgIpc) is 2.80. The highest BCUT2D eigenvalue weighted by molar-refractivity contribution is 5.93. The van der Waals surface area contributed by atoms with E-state index in [1.807, 2.05) is 0 Å². The summed E-state index contributed by atoms with van der Waals surface area (Å²) in [4.78, 5) is 23.8. The smallest absolute Gasteiger partial charge is 0.342 e. The lowest BCUT2D eigenvalue weighted by atomic mass is 9.94. The Morgan fingerprint density at radius 2 is 1.68 bits per heavy atom. The molecule has 8 N–H and O–H groups in total. The molecule has 0 aliphatic carbocycles. The topological polar surface area (TPSA) is 242 Å². The molecule has 0 saturated carbocycles. The molecule has 0 amide bonds. The first-order chi connectivity index (χ1) is 17.1. The third kappa shape index (κ3) is 6.11. The molecular weight excluding hydrogens is 500 g/mol. The number of esters is 1. The van der Waals surface area contributed by atoms with Gasteiger partial charge in [-0.2, -0.15) is 0 Å². The number of rotatable bonds is 7. The van der Waals surface area contributed by atoms with Gasteiger partial charge in [-0.15, -0.1) is 0 Å². The minimum atomic E-state index is -2.06. The molecule has 0 bridgehead atoms. The number of nitrogen functional groups attached to an aromatic ring is 1. The SMILES string of the molecule is C[N+](C)(C)[C@@H]1[C@@H](O[C@@H]2O[C@H](C(=O)[O-])[C@@H](O)[C@H](O)[C@H]2O)[C@H](O)[C@@H](COC(=O)c2cc(N)ccc2O)O[C@H]1O. The van der Waals surface area contributed by atoms with E-state index in [-0.39, 0.29) is 15.7 Å². The standard InChI is InChI=1S/C22H32N2O13/c1-24(2,3)12-17(36-22-16(29)14(27)15(28)18(37-22)19(30)31)13(26)11(35-21(12)33)7-34-20(32)9-6-8(23)4-5-10(9)25/h4-6,11-18,21-22,26-29,33H,7,23H2,1-3H3,(H-,25,30,31,32)/t11-,12-,13-,14+,15+,16-,17-,18+,21-,22-/m1/s1. The fourth-order valence-corrected chi connectivity index (χ4v) is 4.30. The number of nitrogens with two attached hydrogens (primary N) is 1. The maximum absolute atomic E-state index is 12.4. The Labute approximate surface area is 211 Å². The Morgan fingerprint density at radius 3 is 2.27 bits per heavy atom. The summed E-state index contributed by atoms with van der Waals surface area (Å²) in [5.74, 6) is -3.28. The van der Waals surface area contributed by atoms with Gasteiger partial charge in [0.1, 0.15) is 60.6 Å². The van der Waals surface area contributed by atoms with Crippen molar-refractivity contribution >= 4 is 17.6 Å². The number of benzene rings is 1. The predicted octanol–water partition coefficient (Wildman–Crippen LogP) is -4.77. The van der Waals surface area contributed by atoms with E-state index < -0.39 is 85.6 Å². The van der Waals surface area contributed by atoms with Gasteiger partial charge in [-0.1, -0.05) is 0 Å². The normalized spacial score (nSPS) is 36.6. The van der Waals surface area contributed by atoms with Crippen molar-refractivity contribution in [1.82, 2.24) is 0 Å². The number of ether oxygens (including phenoxy) is 4. The van der Waals surface area contributed by atoms with Crippen LogP contribution >= 0.6 is 0 Å². The van der Waals surface area contributed by atoms with Crippen LogP contribution in [0, 0.1) is 0 Å². The zero-order valence-corrected chi connectivity index (χ0v) is 20.3. The Hall–Kier alpha value is -2.60. The third-order valence-electron chi connectivity index (χ3n) is 6.27. The van der Waals surface area contributed by atoms with Crippen LogP contribution in [0.2, 0.25) is 0 Å². The van der Waals surface area contributed by atoms with E-state index in [1.165, 1.54) is 18.2 Å². The zero-order valence-electron chi connectivity index (χ0n) is 20.3. The largest absolute Gasteiger partial charge is 0.547 e. The number of carbonyl (C=O) groups is 2. The van der Waals surface area contributed by atoms with Crippen molar-refractivity contribution < 1.29 is 68.8 Å².